The smallest absolute Gasteiger partial charge is 0.376 e. The fourth-order valence-corrected chi connectivity index (χ4v) is 1.80. The lowest BCUT2D eigenvalue weighted by Crippen LogP contribution is -2.45. The molecule has 4 heteroatoms. The van der Waals surface area contributed by atoms with Crippen molar-refractivity contribution in [3.8, 4) is 0 Å². The first-order valence-electron chi connectivity index (χ1n) is 4.25. The SMILES string of the molecule is CB(O)N1CCC[C@H]1C(C)O. The van der Waals surface area contributed by atoms with Crippen LogP contribution in [0.4, 0.5) is 0 Å². The Bertz CT molecular complexity index is 116. The molecular weight excluding hydrogens is 141 g/mol. The van der Waals surface area contributed by atoms with E-state index in [1.54, 1.807) is 13.7 Å². The standard InChI is InChI=1S/C7H16BNO2/c1-6(10)7-4-3-5-9(7)8(2)11/h6-7,10-11H,3-5H2,1-2H3/t6?,7-/m0/s1. The van der Waals surface area contributed by atoms with E-state index in [9.17, 15) is 10.1 Å². The Kier molecular flexibility index (Phi) is 2.93. The predicted molar refractivity (Wildman–Crippen MR) is 45.2 cm³/mol. The lowest BCUT2D eigenvalue weighted by molar-refractivity contribution is 0.116. The van der Waals surface area contributed by atoms with Gasteiger partial charge in [-0.3, -0.25) is 0 Å². The molecule has 0 amide bonds. The lowest BCUT2D eigenvalue weighted by Gasteiger charge is -2.27. The van der Waals surface area contributed by atoms with E-state index in [2.05, 4.69) is 0 Å². The van der Waals surface area contributed by atoms with Crippen molar-refractivity contribution < 1.29 is 10.1 Å². The zero-order valence-corrected chi connectivity index (χ0v) is 7.20. The molecule has 0 saturated carbocycles. The monoisotopic (exact) mass is 157 g/mol. The molecular formula is C7H16BNO2. The second kappa shape index (κ2) is 3.56. The Labute approximate surface area is 68.2 Å². The quantitative estimate of drug-likeness (QED) is 0.552. The van der Waals surface area contributed by atoms with Crippen molar-refractivity contribution in [3.05, 3.63) is 0 Å². The summed E-state index contributed by atoms with van der Waals surface area (Å²) >= 11 is 0. The van der Waals surface area contributed by atoms with Crippen molar-refractivity contribution in [1.29, 1.82) is 0 Å². The molecule has 0 radical (unpaired) electrons. The summed E-state index contributed by atoms with van der Waals surface area (Å²) in [6, 6.07) is 0.162. The van der Waals surface area contributed by atoms with Crippen LogP contribution in [0.25, 0.3) is 0 Å². The Morgan fingerprint density at radius 1 is 1.64 bits per heavy atom. The zero-order valence-electron chi connectivity index (χ0n) is 7.20. The van der Waals surface area contributed by atoms with Crippen LogP contribution in [0.1, 0.15) is 19.8 Å². The van der Waals surface area contributed by atoms with E-state index in [0.717, 1.165) is 19.4 Å². The predicted octanol–water partition coefficient (Wildman–Crippen LogP) is -0.0581. The van der Waals surface area contributed by atoms with Crippen LogP contribution in [0.2, 0.25) is 6.82 Å². The average molecular weight is 157 g/mol. The van der Waals surface area contributed by atoms with Crippen molar-refractivity contribution in [2.45, 2.75) is 38.7 Å². The van der Waals surface area contributed by atoms with Gasteiger partial charge in [0.1, 0.15) is 0 Å². The Hall–Kier alpha value is -0.0551. The van der Waals surface area contributed by atoms with Crippen LogP contribution in [0.3, 0.4) is 0 Å². The van der Waals surface area contributed by atoms with Crippen LogP contribution < -0.4 is 0 Å². The number of hydrogen-bond acceptors (Lipinski definition) is 3. The molecule has 0 aromatic heterocycles. The first-order valence-corrected chi connectivity index (χ1v) is 4.25. The maximum absolute atomic E-state index is 9.32. The molecule has 1 heterocycles. The van der Waals surface area contributed by atoms with Crippen LogP contribution in [0.5, 0.6) is 0 Å². The summed E-state index contributed by atoms with van der Waals surface area (Å²) in [5.41, 5.74) is 0. The Morgan fingerprint density at radius 2 is 2.27 bits per heavy atom. The third-order valence-corrected chi connectivity index (χ3v) is 2.38. The molecule has 11 heavy (non-hydrogen) atoms. The van der Waals surface area contributed by atoms with E-state index < -0.39 is 7.05 Å². The zero-order chi connectivity index (χ0) is 8.43. The normalized spacial score (nSPS) is 28.9. The van der Waals surface area contributed by atoms with Crippen LogP contribution in [-0.4, -0.2) is 40.7 Å². The number of hydrogen-bond donors (Lipinski definition) is 2. The van der Waals surface area contributed by atoms with Crippen molar-refractivity contribution in [2.24, 2.45) is 0 Å². The molecule has 64 valence electrons. The minimum absolute atomic E-state index is 0.162. The molecule has 0 aromatic rings. The third kappa shape index (κ3) is 1.95. The molecule has 0 spiro atoms. The molecule has 0 bridgehead atoms. The molecule has 1 aliphatic rings. The van der Waals surface area contributed by atoms with Gasteiger partial charge in [-0.05, 0) is 33.1 Å². The van der Waals surface area contributed by atoms with Crippen LogP contribution >= 0.6 is 0 Å². The molecule has 1 aliphatic heterocycles. The summed E-state index contributed by atoms with van der Waals surface area (Å²) in [6.45, 7) is 4.44. The summed E-state index contributed by atoms with van der Waals surface area (Å²) in [7, 11) is -0.419. The van der Waals surface area contributed by atoms with Gasteiger partial charge in [-0.2, -0.15) is 0 Å². The summed E-state index contributed by atoms with van der Waals surface area (Å²) in [5, 5.41) is 18.6. The Morgan fingerprint density at radius 3 is 2.64 bits per heavy atom. The van der Waals surface area contributed by atoms with Gasteiger partial charge in [0.05, 0.1) is 6.10 Å². The van der Waals surface area contributed by atoms with Gasteiger partial charge in [0.2, 0.25) is 0 Å². The van der Waals surface area contributed by atoms with Crippen molar-refractivity contribution in [1.82, 2.24) is 4.81 Å². The maximum atomic E-state index is 9.32. The molecule has 0 aromatic carbocycles. The summed E-state index contributed by atoms with van der Waals surface area (Å²) in [6.07, 6.45) is 1.76. The largest absolute Gasteiger partial charge is 0.437 e. The van der Waals surface area contributed by atoms with E-state index in [4.69, 9.17) is 0 Å². The van der Waals surface area contributed by atoms with Crippen LogP contribution in [-0.2, 0) is 0 Å². The first-order chi connectivity index (χ1) is 5.13. The molecule has 1 rings (SSSR count). The van der Waals surface area contributed by atoms with Crippen molar-refractivity contribution in [3.63, 3.8) is 0 Å². The second-order valence-corrected chi connectivity index (χ2v) is 3.32. The highest BCUT2D eigenvalue weighted by atomic mass is 16.3. The number of aliphatic hydroxyl groups excluding tert-OH is 1. The molecule has 0 aliphatic carbocycles. The van der Waals surface area contributed by atoms with Gasteiger partial charge < -0.3 is 14.9 Å². The summed E-state index contributed by atoms with van der Waals surface area (Å²) in [4.78, 5) is 1.95. The number of aliphatic hydroxyl groups is 1. The van der Waals surface area contributed by atoms with Gasteiger partial charge in [0, 0.05) is 6.04 Å². The fourth-order valence-electron chi connectivity index (χ4n) is 1.80. The average Bonchev–Trinajstić information content (AvgIpc) is 2.32. The molecule has 2 N–H and O–H groups in total. The summed E-state index contributed by atoms with van der Waals surface area (Å²) < 4.78 is 0. The molecule has 3 nitrogen and oxygen atoms in total. The highest BCUT2D eigenvalue weighted by molar-refractivity contribution is 6.45. The maximum Gasteiger partial charge on any atom is 0.376 e. The van der Waals surface area contributed by atoms with E-state index in [0.29, 0.717) is 0 Å². The van der Waals surface area contributed by atoms with Gasteiger partial charge in [0.25, 0.3) is 0 Å². The topological polar surface area (TPSA) is 43.7 Å². The number of rotatable bonds is 2. The van der Waals surface area contributed by atoms with Crippen molar-refractivity contribution >= 4 is 7.05 Å². The second-order valence-electron chi connectivity index (χ2n) is 3.32. The molecule has 2 atom stereocenters. The first kappa shape index (κ1) is 9.04. The van der Waals surface area contributed by atoms with Gasteiger partial charge in [-0.25, -0.2) is 0 Å². The third-order valence-electron chi connectivity index (χ3n) is 2.38. The highest BCUT2D eigenvalue weighted by Crippen LogP contribution is 2.20. The highest BCUT2D eigenvalue weighted by Gasteiger charge is 2.32. The summed E-state index contributed by atoms with van der Waals surface area (Å²) in [5.74, 6) is 0. The van der Waals surface area contributed by atoms with Crippen LogP contribution in [0, 0.1) is 0 Å². The van der Waals surface area contributed by atoms with Gasteiger partial charge in [0.15, 0.2) is 0 Å². The molecule has 1 unspecified atom stereocenters. The lowest BCUT2D eigenvalue weighted by atomic mass is 9.83. The Balaban J connectivity index is 2.51. The molecule has 1 saturated heterocycles. The van der Waals surface area contributed by atoms with Crippen molar-refractivity contribution in [2.75, 3.05) is 6.54 Å². The fraction of sp³-hybridized carbons (Fsp3) is 1.00. The van der Waals surface area contributed by atoms with Crippen LogP contribution in [0.15, 0.2) is 0 Å². The van der Waals surface area contributed by atoms with E-state index in [1.807, 2.05) is 4.81 Å². The van der Waals surface area contributed by atoms with E-state index >= 15 is 0 Å². The minimum atomic E-state index is -0.419. The van der Waals surface area contributed by atoms with Gasteiger partial charge in [-0.1, -0.05) is 0 Å². The van der Waals surface area contributed by atoms with Gasteiger partial charge in [-0.15, -0.1) is 0 Å². The van der Waals surface area contributed by atoms with Gasteiger partial charge >= 0.3 is 7.05 Å². The minimum Gasteiger partial charge on any atom is -0.437 e. The number of nitrogens with zero attached hydrogens (tertiary/aromatic N) is 1. The van der Waals surface area contributed by atoms with E-state index in [-0.39, 0.29) is 12.1 Å². The van der Waals surface area contributed by atoms with E-state index in [1.165, 1.54) is 0 Å². The molecule has 1 fully saturated rings.